The summed E-state index contributed by atoms with van der Waals surface area (Å²) in [6.07, 6.45) is 1.94. The van der Waals surface area contributed by atoms with E-state index in [1.165, 1.54) is 18.2 Å². The number of likely N-dealkylation sites (tertiary alicyclic amines) is 1. The van der Waals surface area contributed by atoms with Crippen LogP contribution in [0.25, 0.3) is 22.3 Å². The first kappa shape index (κ1) is 15.8. The van der Waals surface area contributed by atoms with Crippen LogP contribution in [0.1, 0.15) is 18.9 Å². The number of anilines is 1. The molecule has 0 saturated carbocycles. The molecule has 0 bridgehead atoms. The maximum absolute atomic E-state index is 13.6. The average Bonchev–Trinajstić information content (AvgIpc) is 2.94. The maximum atomic E-state index is 13.6. The second kappa shape index (κ2) is 5.96. The number of fused-ring (bicyclic) bond motifs is 1. The van der Waals surface area contributed by atoms with Crippen LogP contribution >= 0.6 is 0 Å². The molecule has 7 nitrogen and oxygen atoms in total. The summed E-state index contributed by atoms with van der Waals surface area (Å²) in [7, 11) is 2.10. The van der Waals surface area contributed by atoms with Crippen LogP contribution in [-0.2, 0) is 0 Å². The number of aromatic nitrogens is 4. The van der Waals surface area contributed by atoms with E-state index >= 15 is 0 Å². The van der Waals surface area contributed by atoms with Gasteiger partial charge in [0.15, 0.2) is 11.3 Å². The maximum Gasteiger partial charge on any atom is 0.174 e. The number of aromatic hydroxyl groups is 1. The van der Waals surface area contributed by atoms with E-state index in [4.69, 9.17) is 5.73 Å². The Bertz CT molecular complexity index is 932. The van der Waals surface area contributed by atoms with Crippen LogP contribution in [0.15, 0.2) is 24.3 Å². The van der Waals surface area contributed by atoms with Crippen molar-refractivity contribution in [3.8, 4) is 17.0 Å². The van der Waals surface area contributed by atoms with E-state index in [1.807, 2.05) is 4.68 Å². The molecule has 3 heterocycles. The summed E-state index contributed by atoms with van der Waals surface area (Å²) in [4.78, 5) is 2.28. The van der Waals surface area contributed by atoms with Gasteiger partial charge in [-0.3, -0.25) is 4.68 Å². The molecule has 4 rings (SSSR count). The largest absolute Gasteiger partial charge is 0.507 e. The molecule has 25 heavy (non-hydrogen) atoms. The van der Waals surface area contributed by atoms with Gasteiger partial charge in [-0.25, -0.2) is 4.39 Å². The molecule has 0 atom stereocenters. The fourth-order valence-corrected chi connectivity index (χ4v) is 3.32. The van der Waals surface area contributed by atoms with Gasteiger partial charge in [0.1, 0.15) is 11.6 Å². The molecule has 0 amide bonds. The monoisotopic (exact) mass is 342 g/mol. The number of benzene rings is 1. The summed E-state index contributed by atoms with van der Waals surface area (Å²) in [5.41, 5.74) is 7.96. The van der Waals surface area contributed by atoms with Crippen molar-refractivity contribution in [3.63, 3.8) is 0 Å². The number of hydrogen-bond acceptors (Lipinski definition) is 6. The predicted octanol–water partition coefficient (Wildman–Crippen LogP) is 2.19. The molecule has 0 radical (unpaired) electrons. The van der Waals surface area contributed by atoms with Gasteiger partial charge in [0.2, 0.25) is 0 Å². The second-order valence-electron chi connectivity index (χ2n) is 6.49. The number of nitrogens with zero attached hydrogens (tertiary/aromatic N) is 5. The summed E-state index contributed by atoms with van der Waals surface area (Å²) >= 11 is 0. The molecule has 3 N–H and O–H groups in total. The highest BCUT2D eigenvalue weighted by Gasteiger charge is 2.23. The molecule has 0 unspecified atom stereocenters. The van der Waals surface area contributed by atoms with Crippen molar-refractivity contribution in [1.82, 2.24) is 24.9 Å². The molecule has 1 saturated heterocycles. The van der Waals surface area contributed by atoms with Crippen LogP contribution in [0.4, 0.5) is 10.2 Å². The van der Waals surface area contributed by atoms with E-state index in [0.29, 0.717) is 22.6 Å². The van der Waals surface area contributed by atoms with E-state index in [1.54, 1.807) is 6.07 Å². The molecule has 130 valence electrons. The molecule has 3 aromatic rings. The summed E-state index contributed by atoms with van der Waals surface area (Å²) in [5, 5.41) is 22.7. The molecule has 8 heteroatoms. The Balaban J connectivity index is 1.82. The molecular formula is C17H19FN6O. The summed E-state index contributed by atoms with van der Waals surface area (Å²) in [5.74, 6) is -0.164. The van der Waals surface area contributed by atoms with Crippen LogP contribution in [0, 0.1) is 5.82 Å². The van der Waals surface area contributed by atoms with Gasteiger partial charge in [0.05, 0.1) is 17.3 Å². The Morgan fingerprint density at radius 3 is 2.72 bits per heavy atom. The normalized spacial score (nSPS) is 16.6. The Labute approximate surface area is 143 Å². The van der Waals surface area contributed by atoms with Gasteiger partial charge in [-0.05, 0) is 57.2 Å². The number of nitrogen functional groups attached to an aromatic ring is 1. The topological polar surface area (TPSA) is 93.1 Å². The van der Waals surface area contributed by atoms with Crippen LogP contribution < -0.4 is 5.73 Å². The van der Waals surface area contributed by atoms with E-state index in [0.717, 1.165) is 31.4 Å². The highest BCUT2D eigenvalue weighted by Crippen LogP contribution is 2.32. The zero-order valence-electron chi connectivity index (χ0n) is 13.9. The van der Waals surface area contributed by atoms with Gasteiger partial charge in [-0.2, -0.15) is 5.10 Å². The number of nitrogens with two attached hydrogens (primary N) is 1. The lowest BCUT2D eigenvalue weighted by atomic mass is 10.1. The van der Waals surface area contributed by atoms with Crippen LogP contribution in [0.2, 0.25) is 0 Å². The standard InChI is InChI=1S/C17H19FN6O/c1-23-6-4-11(5-7-23)24-14-9-13(20-21-16(14)17(19)22-24)12-8-10(18)2-3-15(12)25/h2-3,8-9,11,25H,4-7H2,1H3,(H2,19,22). The molecule has 2 aromatic heterocycles. The van der Waals surface area contributed by atoms with E-state index < -0.39 is 5.82 Å². The van der Waals surface area contributed by atoms with Crippen molar-refractivity contribution in [1.29, 1.82) is 0 Å². The Morgan fingerprint density at radius 2 is 1.96 bits per heavy atom. The van der Waals surface area contributed by atoms with Gasteiger partial charge < -0.3 is 15.7 Å². The quantitative estimate of drug-likeness (QED) is 0.741. The van der Waals surface area contributed by atoms with E-state index in [-0.39, 0.29) is 11.8 Å². The highest BCUT2D eigenvalue weighted by molar-refractivity contribution is 5.87. The first-order valence-electron chi connectivity index (χ1n) is 8.22. The number of hydrogen-bond donors (Lipinski definition) is 2. The molecule has 0 spiro atoms. The van der Waals surface area contributed by atoms with Crippen molar-refractivity contribution < 1.29 is 9.50 Å². The number of rotatable bonds is 2. The number of halogens is 1. The molecule has 1 aromatic carbocycles. The molecule has 1 fully saturated rings. The second-order valence-corrected chi connectivity index (χ2v) is 6.49. The minimum atomic E-state index is -0.446. The molecular weight excluding hydrogens is 323 g/mol. The molecule has 1 aliphatic rings. The number of phenols is 1. The SMILES string of the molecule is CN1CCC(n2nc(N)c3nnc(-c4cc(F)ccc4O)cc32)CC1. The third-order valence-corrected chi connectivity index (χ3v) is 4.75. The van der Waals surface area contributed by atoms with Crippen LogP contribution in [0.5, 0.6) is 5.75 Å². The van der Waals surface area contributed by atoms with Gasteiger partial charge >= 0.3 is 0 Å². The zero-order chi connectivity index (χ0) is 17.6. The fraction of sp³-hybridized carbons (Fsp3) is 0.353. The lowest BCUT2D eigenvalue weighted by Crippen LogP contribution is -2.31. The van der Waals surface area contributed by atoms with Crippen molar-refractivity contribution >= 4 is 16.9 Å². The zero-order valence-corrected chi connectivity index (χ0v) is 13.9. The third-order valence-electron chi connectivity index (χ3n) is 4.75. The van der Waals surface area contributed by atoms with Crippen LogP contribution in [-0.4, -0.2) is 50.1 Å². The van der Waals surface area contributed by atoms with E-state index in [9.17, 15) is 9.50 Å². The third kappa shape index (κ3) is 2.78. The Kier molecular flexibility index (Phi) is 3.76. The van der Waals surface area contributed by atoms with Gasteiger partial charge in [0, 0.05) is 5.56 Å². The lowest BCUT2D eigenvalue weighted by molar-refractivity contribution is 0.216. The number of piperidine rings is 1. The van der Waals surface area contributed by atoms with Crippen molar-refractivity contribution in [2.45, 2.75) is 18.9 Å². The smallest absolute Gasteiger partial charge is 0.174 e. The lowest BCUT2D eigenvalue weighted by Gasteiger charge is -2.29. The van der Waals surface area contributed by atoms with E-state index in [2.05, 4.69) is 27.2 Å². The summed E-state index contributed by atoms with van der Waals surface area (Å²) in [6, 6.07) is 5.74. The Morgan fingerprint density at radius 1 is 1.20 bits per heavy atom. The predicted molar refractivity (Wildman–Crippen MR) is 92.6 cm³/mol. The van der Waals surface area contributed by atoms with Gasteiger partial charge in [0.25, 0.3) is 0 Å². The van der Waals surface area contributed by atoms with Crippen molar-refractivity contribution in [2.24, 2.45) is 0 Å². The minimum absolute atomic E-state index is 0.0478. The summed E-state index contributed by atoms with van der Waals surface area (Å²) < 4.78 is 15.5. The highest BCUT2D eigenvalue weighted by atomic mass is 19.1. The van der Waals surface area contributed by atoms with Gasteiger partial charge in [-0.1, -0.05) is 0 Å². The van der Waals surface area contributed by atoms with Gasteiger partial charge in [-0.15, -0.1) is 10.2 Å². The molecule has 0 aliphatic carbocycles. The Hall–Kier alpha value is -2.74. The molecule has 1 aliphatic heterocycles. The van der Waals surface area contributed by atoms with Crippen molar-refractivity contribution in [2.75, 3.05) is 25.9 Å². The average molecular weight is 342 g/mol. The number of phenolic OH excluding ortho intramolecular Hbond substituents is 1. The van der Waals surface area contributed by atoms with Crippen molar-refractivity contribution in [3.05, 3.63) is 30.1 Å². The summed E-state index contributed by atoms with van der Waals surface area (Å²) in [6.45, 7) is 1.98. The first-order chi connectivity index (χ1) is 12.0. The van der Waals surface area contributed by atoms with Crippen LogP contribution in [0.3, 0.4) is 0 Å². The fourth-order valence-electron chi connectivity index (χ4n) is 3.32. The minimum Gasteiger partial charge on any atom is -0.507 e. The first-order valence-corrected chi connectivity index (χ1v) is 8.22.